The molecule has 0 N–H and O–H groups in total. The first-order valence-electron chi connectivity index (χ1n) is 10.9. The third kappa shape index (κ3) is 6.65. The number of nitrogens with zero attached hydrogens (tertiary/aromatic N) is 1. The smallest absolute Gasteiger partial charge is 0.123 e. The Kier molecular flexibility index (Phi) is 7.85. The molecule has 0 amide bonds. The SMILES string of the molecule is COc1ccc(COc2cc(COc3ccncc3)cc(OCc3ccc(OC)cc3)c2)cc1. The predicted molar refractivity (Wildman–Crippen MR) is 130 cm³/mol. The molecule has 1 aromatic heterocycles. The lowest BCUT2D eigenvalue weighted by molar-refractivity contribution is 0.281. The van der Waals surface area contributed by atoms with Crippen LogP contribution in [0.15, 0.2) is 91.3 Å². The van der Waals surface area contributed by atoms with Gasteiger partial charge in [-0.05, 0) is 65.2 Å². The Morgan fingerprint density at radius 3 is 1.38 bits per heavy atom. The zero-order valence-corrected chi connectivity index (χ0v) is 19.3. The first-order chi connectivity index (χ1) is 16.7. The Bertz CT molecular complexity index is 1090. The van der Waals surface area contributed by atoms with E-state index < -0.39 is 0 Å². The molecule has 1 heterocycles. The van der Waals surface area contributed by atoms with E-state index in [1.54, 1.807) is 26.6 Å². The van der Waals surface area contributed by atoms with Crippen molar-refractivity contribution in [2.45, 2.75) is 19.8 Å². The van der Waals surface area contributed by atoms with Crippen molar-refractivity contribution in [1.29, 1.82) is 0 Å². The van der Waals surface area contributed by atoms with E-state index in [2.05, 4.69) is 4.98 Å². The highest BCUT2D eigenvalue weighted by Crippen LogP contribution is 2.26. The molecule has 6 heteroatoms. The van der Waals surface area contributed by atoms with E-state index in [-0.39, 0.29) is 0 Å². The van der Waals surface area contributed by atoms with Crippen LogP contribution in [-0.2, 0) is 19.8 Å². The van der Waals surface area contributed by atoms with E-state index in [1.165, 1.54) is 0 Å². The van der Waals surface area contributed by atoms with Crippen molar-refractivity contribution >= 4 is 0 Å². The number of pyridine rings is 1. The van der Waals surface area contributed by atoms with Crippen molar-refractivity contribution in [3.05, 3.63) is 108 Å². The van der Waals surface area contributed by atoms with Gasteiger partial charge in [0.25, 0.3) is 0 Å². The minimum absolute atomic E-state index is 0.378. The summed E-state index contributed by atoms with van der Waals surface area (Å²) in [5, 5.41) is 0. The number of aromatic nitrogens is 1. The largest absolute Gasteiger partial charge is 0.497 e. The van der Waals surface area contributed by atoms with Gasteiger partial charge in [-0.15, -0.1) is 0 Å². The summed E-state index contributed by atoms with van der Waals surface area (Å²) >= 11 is 0. The maximum Gasteiger partial charge on any atom is 0.123 e. The average Bonchev–Trinajstić information content (AvgIpc) is 2.90. The molecule has 0 atom stereocenters. The first kappa shape index (κ1) is 23.0. The number of methoxy groups -OCH3 is 2. The summed E-state index contributed by atoms with van der Waals surface area (Å²) in [5.41, 5.74) is 3.02. The van der Waals surface area contributed by atoms with Gasteiger partial charge in [-0.3, -0.25) is 4.98 Å². The van der Waals surface area contributed by atoms with Crippen molar-refractivity contribution in [2.75, 3.05) is 14.2 Å². The van der Waals surface area contributed by atoms with Gasteiger partial charge in [0.15, 0.2) is 0 Å². The Balaban J connectivity index is 1.46. The van der Waals surface area contributed by atoms with E-state index in [1.807, 2.05) is 78.9 Å². The lowest BCUT2D eigenvalue weighted by Crippen LogP contribution is -2.01. The quantitative estimate of drug-likeness (QED) is 0.282. The summed E-state index contributed by atoms with van der Waals surface area (Å²) in [6.07, 6.45) is 3.40. The third-order valence-electron chi connectivity index (χ3n) is 5.12. The topological polar surface area (TPSA) is 59.0 Å². The maximum atomic E-state index is 6.08. The fourth-order valence-electron chi connectivity index (χ4n) is 3.26. The summed E-state index contributed by atoms with van der Waals surface area (Å²) in [4.78, 5) is 4.02. The van der Waals surface area contributed by atoms with Crippen LogP contribution in [0, 0.1) is 0 Å². The van der Waals surface area contributed by atoms with Crippen molar-refractivity contribution in [3.63, 3.8) is 0 Å². The molecule has 0 aliphatic rings. The highest BCUT2D eigenvalue weighted by atomic mass is 16.5. The van der Waals surface area contributed by atoms with Crippen LogP contribution in [0.4, 0.5) is 0 Å². The monoisotopic (exact) mass is 457 g/mol. The van der Waals surface area contributed by atoms with E-state index >= 15 is 0 Å². The summed E-state index contributed by atoms with van der Waals surface area (Å²) in [6, 6.07) is 25.1. The van der Waals surface area contributed by atoms with Crippen LogP contribution in [0.3, 0.4) is 0 Å². The second kappa shape index (κ2) is 11.6. The van der Waals surface area contributed by atoms with Crippen LogP contribution in [0.2, 0.25) is 0 Å². The van der Waals surface area contributed by atoms with Gasteiger partial charge in [0, 0.05) is 18.5 Å². The zero-order chi connectivity index (χ0) is 23.6. The van der Waals surface area contributed by atoms with Crippen LogP contribution in [0.5, 0.6) is 28.7 Å². The minimum Gasteiger partial charge on any atom is -0.497 e. The standard InChI is InChI=1S/C28H27NO5/c1-30-24-7-3-21(4-8-24)18-33-27-15-23(20-32-26-11-13-29-14-12-26)16-28(17-27)34-19-22-5-9-25(31-2)10-6-22/h3-17H,18-20H2,1-2H3. The molecule has 0 bridgehead atoms. The summed E-state index contributed by atoms with van der Waals surface area (Å²) < 4.78 is 28.5. The lowest BCUT2D eigenvalue weighted by Gasteiger charge is -2.14. The Hall–Kier alpha value is -4.19. The molecule has 0 fully saturated rings. The van der Waals surface area contributed by atoms with Gasteiger partial charge >= 0.3 is 0 Å². The normalized spacial score (nSPS) is 10.4. The predicted octanol–water partition coefficient (Wildman–Crippen LogP) is 5.84. The highest BCUT2D eigenvalue weighted by molar-refractivity contribution is 5.39. The van der Waals surface area contributed by atoms with Crippen LogP contribution in [-0.4, -0.2) is 19.2 Å². The third-order valence-corrected chi connectivity index (χ3v) is 5.12. The van der Waals surface area contributed by atoms with E-state index in [0.717, 1.165) is 33.9 Å². The first-order valence-corrected chi connectivity index (χ1v) is 10.9. The molecule has 0 spiro atoms. The molecule has 3 aromatic carbocycles. The Morgan fingerprint density at radius 2 is 0.912 bits per heavy atom. The molecular weight excluding hydrogens is 430 g/mol. The molecular formula is C28H27NO5. The van der Waals surface area contributed by atoms with Crippen molar-refractivity contribution in [1.82, 2.24) is 4.98 Å². The molecule has 0 saturated heterocycles. The fraction of sp³-hybridized carbons (Fsp3) is 0.179. The molecule has 0 aliphatic heterocycles. The van der Waals surface area contributed by atoms with Gasteiger partial charge in [-0.2, -0.15) is 0 Å². The Morgan fingerprint density at radius 1 is 0.471 bits per heavy atom. The van der Waals surface area contributed by atoms with Crippen LogP contribution >= 0.6 is 0 Å². The second-order valence-corrected chi connectivity index (χ2v) is 7.56. The molecule has 34 heavy (non-hydrogen) atoms. The van der Waals surface area contributed by atoms with Crippen LogP contribution in [0.1, 0.15) is 16.7 Å². The molecule has 0 saturated carbocycles. The number of hydrogen-bond acceptors (Lipinski definition) is 6. The average molecular weight is 458 g/mol. The van der Waals surface area contributed by atoms with E-state index in [4.69, 9.17) is 23.7 Å². The molecule has 0 unspecified atom stereocenters. The van der Waals surface area contributed by atoms with Gasteiger partial charge in [0.05, 0.1) is 14.2 Å². The van der Waals surface area contributed by atoms with Crippen molar-refractivity contribution in [3.8, 4) is 28.7 Å². The number of rotatable bonds is 11. The number of ether oxygens (including phenoxy) is 5. The summed E-state index contributed by atoms with van der Waals surface area (Å²) in [7, 11) is 3.30. The maximum absolute atomic E-state index is 6.08. The Labute approximate surface area is 199 Å². The molecule has 4 aromatic rings. The van der Waals surface area contributed by atoms with Gasteiger partial charge in [-0.1, -0.05) is 24.3 Å². The number of benzene rings is 3. The van der Waals surface area contributed by atoms with E-state index in [0.29, 0.717) is 31.3 Å². The molecule has 0 radical (unpaired) electrons. The van der Waals surface area contributed by atoms with Gasteiger partial charge in [-0.25, -0.2) is 0 Å². The molecule has 174 valence electrons. The number of hydrogen-bond donors (Lipinski definition) is 0. The highest BCUT2D eigenvalue weighted by Gasteiger charge is 2.07. The second-order valence-electron chi connectivity index (χ2n) is 7.56. The molecule has 0 aliphatic carbocycles. The van der Waals surface area contributed by atoms with Crippen LogP contribution < -0.4 is 23.7 Å². The van der Waals surface area contributed by atoms with Gasteiger partial charge < -0.3 is 23.7 Å². The zero-order valence-electron chi connectivity index (χ0n) is 19.3. The van der Waals surface area contributed by atoms with Gasteiger partial charge in [0.2, 0.25) is 0 Å². The van der Waals surface area contributed by atoms with Crippen LogP contribution in [0.25, 0.3) is 0 Å². The minimum atomic E-state index is 0.378. The van der Waals surface area contributed by atoms with E-state index in [9.17, 15) is 0 Å². The van der Waals surface area contributed by atoms with Crippen molar-refractivity contribution < 1.29 is 23.7 Å². The van der Waals surface area contributed by atoms with Crippen molar-refractivity contribution in [2.24, 2.45) is 0 Å². The molecule has 6 nitrogen and oxygen atoms in total. The lowest BCUT2D eigenvalue weighted by atomic mass is 10.2. The van der Waals surface area contributed by atoms with Gasteiger partial charge in [0.1, 0.15) is 48.6 Å². The fourth-order valence-corrected chi connectivity index (χ4v) is 3.26. The summed E-state index contributed by atoms with van der Waals surface area (Å²) in [6.45, 7) is 1.23. The summed E-state index contributed by atoms with van der Waals surface area (Å²) in [5.74, 6) is 3.79. The molecule has 4 rings (SSSR count).